The lowest BCUT2D eigenvalue weighted by Gasteiger charge is -2.35. The Kier molecular flexibility index (Phi) is 4.80. The van der Waals surface area contributed by atoms with Crippen molar-refractivity contribution in [1.29, 1.82) is 0 Å². The van der Waals surface area contributed by atoms with Gasteiger partial charge in [0.2, 0.25) is 5.91 Å². The predicted molar refractivity (Wildman–Crippen MR) is 71.9 cm³/mol. The molecule has 2 unspecified atom stereocenters. The van der Waals surface area contributed by atoms with E-state index in [1.165, 1.54) is 6.42 Å². The Bertz CT molecular complexity index is 346. The predicted octanol–water partition coefficient (Wildman–Crippen LogP) is 1.33. The summed E-state index contributed by atoms with van der Waals surface area (Å²) < 4.78 is 0. The fourth-order valence-electron chi connectivity index (χ4n) is 3.27. The van der Waals surface area contributed by atoms with Crippen molar-refractivity contribution in [3.05, 3.63) is 0 Å². The third kappa shape index (κ3) is 3.69. The van der Waals surface area contributed by atoms with Crippen LogP contribution in [0.2, 0.25) is 0 Å². The van der Waals surface area contributed by atoms with Gasteiger partial charge in [-0.15, -0.1) is 0 Å². The minimum absolute atomic E-state index is 0.0431. The molecule has 0 spiro atoms. The van der Waals surface area contributed by atoms with Gasteiger partial charge in [0.05, 0.1) is 13.0 Å². The molecule has 0 aliphatic carbocycles. The average molecular weight is 268 g/mol. The Morgan fingerprint density at radius 2 is 1.95 bits per heavy atom. The summed E-state index contributed by atoms with van der Waals surface area (Å²) in [5.41, 5.74) is 0. The van der Waals surface area contributed by atoms with Crippen LogP contribution >= 0.6 is 0 Å². The van der Waals surface area contributed by atoms with E-state index in [2.05, 4.69) is 11.8 Å². The normalized spacial score (nSPS) is 28.6. The highest BCUT2D eigenvalue weighted by atomic mass is 16.4. The number of carbonyl (C=O) groups excluding carboxylic acids is 1. The third-order valence-electron chi connectivity index (χ3n) is 4.37. The van der Waals surface area contributed by atoms with E-state index >= 15 is 0 Å². The smallest absolute Gasteiger partial charge is 0.304 e. The van der Waals surface area contributed by atoms with Crippen LogP contribution in [0, 0.1) is 0 Å². The molecule has 0 aromatic rings. The minimum atomic E-state index is -0.768. The minimum Gasteiger partial charge on any atom is -0.481 e. The van der Waals surface area contributed by atoms with E-state index in [0.717, 1.165) is 38.8 Å². The van der Waals surface area contributed by atoms with Crippen LogP contribution < -0.4 is 0 Å². The Labute approximate surface area is 114 Å². The van der Waals surface area contributed by atoms with Crippen molar-refractivity contribution in [3.8, 4) is 0 Å². The largest absolute Gasteiger partial charge is 0.481 e. The SMILES string of the molecule is CC1CCCCN1C(=O)CN1CCCC1CC(=O)O. The van der Waals surface area contributed by atoms with Crippen molar-refractivity contribution >= 4 is 11.9 Å². The molecule has 2 saturated heterocycles. The summed E-state index contributed by atoms with van der Waals surface area (Å²) >= 11 is 0. The van der Waals surface area contributed by atoms with Gasteiger partial charge < -0.3 is 10.0 Å². The molecule has 1 amide bonds. The highest BCUT2D eigenvalue weighted by Crippen LogP contribution is 2.22. The summed E-state index contributed by atoms with van der Waals surface area (Å²) in [7, 11) is 0. The first-order valence-electron chi connectivity index (χ1n) is 7.33. The van der Waals surface area contributed by atoms with Gasteiger partial charge >= 0.3 is 5.97 Å². The van der Waals surface area contributed by atoms with E-state index in [4.69, 9.17) is 5.11 Å². The number of piperidine rings is 1. The molecular weight excluding hydrogens is 244 g/mol. The molecule has 0 bridgehead atoms. The second-order valence-electron chi connectivity index (χ2n) is 5.80. The van der Waals surface area contributed by atoms with Crippen LogP contribution in [0.3, 0.4) is 0 Å². The van der Waals surface area contributed by atoms with Crippen LogP contribution in [0.4, 0.5) is 0 Å². The molecule has 2 aliphatic heterocycles. The summed E-state index contributed by atoms with van der Waals surface area (Å²) in [6.07, 6.45) is 5.44. The molecule has 2 atom stereocenters. The number of carboxylic acids is 1. The van der Waals surface area contributed by atoms with Crippen molar-refractivity contribution < 1.29 is 14.7 Å². The first-order chi connectivity index (χ1) is 9.08. The van der Waals surface area contributed by atoms with Crippen molar-refractivity contribution in [2.45, 2.75) is 57.5 Å². The molecule has 0 aromatic carbocycles. The number of nitrogens with zero attached hydrogens (tertiary/aromatic N) is 2. The van der Waals surface area contributed by atoms with Crippen LogP contribution in [0.5, 0.6) is 0 Å². The number of hydrogen-bond donors (Lipinski definition) is 1. The molecule has 0 aromatic heterocycles. The number of hydrogen-bond acceptors (Lipinski definition) is 3. The molecule has 0 saturated carbocycles. The molecule has 5 nitrogen and oxygen atoms in total. The number of carboxylic acid groups (broad SMARTS) is 1. The summed E-state index contributed by atoms with van der Waals surface area (Å²) in [4.78, 5) is 27.2. The molecule has 2 fully saturated rings. The van der Waals surface area contributed by atoms with Gasteiger partial charge in [-0.2, -0.15) is 0 Å². The van der Waals surface area contributed by atoms with Gasteiger partial charge in [-0.25, -0.2) is 0 Å². The fraction of sp³-hybridized carbons (Fsp3) is 0.857. The summed E-state index contributed by atoms with van der Waals surface area (Å²) in [6.45, 7) is 4.21. The van der Waals surface area contributed by atoms with Crippen molar-refractivity contribution in [3.63, 3.8) is 0 Å². The second kappa shape index (κ2) is 6.37. The number of rotatable bonds is 4. The standard InChI is InChI=1S/C14H24N2O3/c1-11-5-2-3-8-16(11)13(17)10-15-7-4-6-12(15)9-14(18)19/h11-12H,2-10H2,1H3,(H,18,19). The maximum Gasteiger partial charge on any atom is 0.304 e. The molecule has 2 rings (SSSR count). The second-order valence-corrected chi connectivity index (χ2v) is 5.80. The first kappa shape index (κ1) is 14.3. The van der Waals surface area contributed by atoms with Gasteiger partial charge in [0.1, 0.15) is 0 Å². The van der Waals surface area contributed by atoms with Gasteiger partial charge in [0, 0.05) is 18.6 Å². The van der Waals surface area contributed by atoms with E-state index in [1.54, 1.807) is 0 Å². The van der Waals surface area contributed by atoms with Crippen LogP contribution in [-0.4, -0.2) is 58.5 Å². The Morgan fingerprint density at radius 3 is 2.63 bits per heavy atom. The first-order valence-corrected chi connectivity index (χ1v) is 7.33. The lowest BCUT2D eigenvalue weighted by Crippen LogP contribution is -2.48. The molecule has 5 heteroatoms. The van der Waals surface area contributed by atoms with Crippen LogP contribution in [0.1, 0.15) is 45.4 Å². The molecule has 2 aliphatic rings. The fourth-order valence-corrected chi connectivity index (χ4v) is 3.27. The van der Waals surface area contributed by atoms with Crippen molar-refractivity contribution in [2.24, 2.45) is 0 Å². The molecule has 108 valence electrons. The highest BCUT2D eigenvalue weighted by Gasteiger charge is 2.31. The summed E-state index contributed by atoms with van der Waals surface area (Å²) in [5.74, 6) is -0.597. The summed E-state index contributed by atoms with van der Waals surface area (Å²) in [5, 5.41) is 8.89. The lowest BCUT2D eigenvalue weighted by molar-refractivity contribution is -0.140. The molecule has 19 heavy (non-hydrogen) atoms. The zero-order valence-corrected chi connectivity index (χ0v) is 11.7. The van der Waals surface area contributed by atoms with Crippen LogP contribution in [-0.2, 0) is 9.59 Å². The molecule has 2 heterocycles. The average Bonchev–Trinajstić information content (AvgIpc) is 2.76. The number of aliphatic carboxylic acids is 1. The Balaban J connectivity index is 1.88. The summed E-state index contributed by atoms with van der Waals surface area (Å²) in [6, 6.07) is 0.378. The molecule has 1 N–H and O–H groups in total. The van der Waals surface area contributed by atoms with E-state index in [9.17, 15) is 9.59 Å². The van der Waals surface area contributed by atoms with E-state index < -0.39 is 5.97 Å². The van der Waals surface area contributed by atoms with Crippen LogP contribution in [0.15, 0.2) is 0 Å². The van der Waals surface area contributed by atoms with Crippen molar-refractivity contribution in [2.75, 3.05) is 19.6 Å². The maximum atomic E-state index is 12.3. The Morgan fingerprint density at radius 1 is 1.16 bits per heavy atom. The number of likely N-dealkylation sites (tertiary alicyclic amines) is 2. The zero-order valence-electron chi connectivity index (χ0n) is 11.7. The van der Waals surface area contributed by atoms with Gasteiger partial charge in [-0.1, -0.05) is 0 Å². The third-order valence-corrected chi connectivity index (χ3v) is 4.37. The Hall–Kier alpha value is -1.10. The van der Waals surface area contributed by atoms with E-state index in [1.807, 2.05) is 4.90 Å². The zero-order chi connectivity index (χ0) is 13.8. The van der Waals surface area contributed by atoms with Gasteiger partial charge in [-0.05, 0) is 45.6 Å². The number of carbonyl (C=O) groups is 2. The lowest BCUT2D eigenvalue weighted by atomic mass is 10.0. The number of amides is 1. The van der Waals surface area contributed by atoms with E-state index in [0.29, 0.717) is 12.6 Å². The van der Waals surface area contributed by atoms with Crippen molar-refractivity contribution in [1.82, 2.24) is 9.80 Å². The monoisotopic (exact) mass is 268 g/mol. The quantitative estimate of drug-likeness (QED) is 0.835. The van der Waals surface area contributed by atoms with E-state index in [-0.39, 0.29) is 18.4 Å². The highest BCUT2D eigenvalue weighted by molar-refractivity contribution is 5.79. The molecule has 0 radical (unpaired) electrons. The van der Waals surface area contributed by atoms with Crippen LogP contribution in [0.25, 0.3) is 0 Å². The van der Waals surface area contributed by atoms with Gasteiger partial charge in [0.25, 0.3) is 0 Å². The van der Waals surface area contributed by atoms with Gasteiger partial charge in [-0.3, -0.25) is 14.5 Å². The van der Waals surface area contributed by atoms with Gasteiger partial charge in [0.15, 0.2) is 0 Å². The molecular formula is C14H24N2O3. The topological polar surface area (TPSA) is 60.9 Å². The maximum absolute atomic E-state index is 12.3.